The van der Waals surface area contributed by atoms with Crippen molar-refractivity contribution in [3.05, 3.63) is 78.9 Å². The molecule has 0 saturated heterocycles. The molecule has 0 aliphatic rings. The predicted molar refractivity (Wildman–Crippen MR) is 103 cm³/mol. The van der Waals surface area contributed by atoms with Crippen LogP contribution in [-0.4, -0.2) is 5.60 Å². The summed E-state index contributed by atoms with van der Waals surface area (Å²) in [6.07, 6.45) is 0. The van der Waals surface area contributed by atoms with Gasteiger partial charge in [0.1, 0.15) is 11.4 Å². The molecular weight excluding hydrogens is 312 g/mol. The van der Waals surface area contributed by atoms with Crippen LogP contribution in [0.25, 0.3) is 11.1 Å². The Morgan fingerprint density at radius 1 is 0.667 bits per heavy atom. The minimum Gasteiger partial charge on any atom is -0.488 e. The van der Waals surface area contributed by atoms with Crippen molar-refractivity contribution in [2.24, 2.45) is 0 Å². The smallest absolute Gasteiger partial charge is 0.120 e. The van der Waals surface area contributed by atoms with E-state index in [0.29, 0.717) is 0 Å². The van der Waals surface area contributed by atoms with Gasteiger partial charge in [-0.15, -0.1) is 0 Å². The Bertz CT molecular complexity index is 786. The van der Waals surface area contributed by atoms with Crippen LogP contribution in [-0.2, 0) is 0 Å². The first kappa shape index (κ1) is 16.7. The van der Waals surface area contributed by atoms with E-state index in [9.17, 15) is 0 Å². The van der Waals surface area contributed by atoms with Crippen molar-refractivity contribution >= 4 is 11.8 Å². The summed E-state index contributed by atoms with van der Waals surface area (Å²) >= 11 is 1.77. The Balaban J connectivity index is 1.75. The van der Waals surface area contributed by atoms with Gasteiger partial charge in [0.2, 0.25) is 0 Å². The summed E-state index contributed by atoms with van der Waals surface area (Å²) in [6, 6.07) is 27.4. The zero-order chi connectivity index (χ0) is 17.0. The molecule has 0 aromatic heterocycles. The molecule has 0 amide bonds. The Hall–Kier alpha value is -2.19. The van der Waals surface area contributed by atoms with E-state index in [-0.39, 0.29) is 5.60 Å². The second-order valence-corrected chi connectivity index (χ2v) is 7.83. The van der Waals surface area contributed by atoms with Crippen LogP contribution in [0.2, 0.25) is 0 Å². The quantitative estimate of drug-likeness (QED) is 0.526. The zero-order valence-corrected chi connectivity index (χ0v) is 15.1. The Morgan fingerprint density at radius 2 is 1.33 bits per heavy atom. The fourth-order valence-corrected chi connectivity index (χ4v) is 3.31. The van der Waals surface area contributed by atoms with E-state index in [2.05, 4.69) is 81.4 Å². The van der Waals surface area contributed by atoms with Gasteiger partial charge in [0.05, 0.1) is 0 Å². The lowest BCUT2D eigenvalue weighted by molar-refractivity contribution is 0.131. The third kappa shape index (κ3) is 4.65. The minimum atomic E-state index is -0.168. The third-order valence-corrected chi connectivity index (χ3v) is 4.42. The second-order valence-electron chi connectivity index (χ2n) is 6.68. The molecule has 0 fully saturated rings. The predicted octanol–water partition coefficient (Wildman–Crippen LogP) is 6.68. The van der Waals surface area contributed by atoms with Crippen LogP contribution >= 0.6 is 11.8 Å². The van der Waals surface area contributed by atoms with Crippen LogP contribution in [0.1, 0.15) is 20.8 Å². The van der Waals surface area contributed by atoms with Gasteiger partial charge in [0.25, 0.3) is 0 Å². The normalized spacial score (nSPS) is 11.3. The van der Waals surface area contributed by atoms with E-state index < -0.39 is 0 Å². The van der Waals surface area contributed by atoms with Gasteiger partial charge in [-0.2, -0.15) is 0 Å². The van der Waals surface area contributed by atoms with Gasteiger partial charge in [-0.3, -0.25) is 0 Å². The van der Waals surface area contributed by atoms with Gasteiger partial charge in [-0.1, -0.05) is 54.2 Å². The Kier molecular flexibility index (Phi) is 4.96. The highest BCUT2D eigenvalue weighted by Crippen LogP contribution is 2.32. The Morgan fingerprint density at radius 3 is 2.00 bits per heavy atom. The minimum absolute atomic E-state index is 0.168. The van der Waals surface area contributed by atoms with E-state index >= 15 is 0 Å². The van der Waals surface area contributed by atoms with Crippen LogP contribution in [0.3, 0.4) is 0 Å². The summed E-state index contributed by atoms with van der Waals surface area (Å²) in [5.74, 6) is 0.907. The molecule has 0 unspecified atom stereocenters. The molecule has 0 atom stereocenters. The molecule has 24 heavy (non-hydrogen) atoms. The first-order chi connectivity index (χ1) is 11.5. The molecule has 0 aliphatic carbocycles. The summed E-state index contributed by atoms with van der Waals surface area (Å²) in [7, 11) is 0. The fraction of sp³-hybridized carbons (Fsp3) is 0.182. The van der Waals surface area contributed by atoms with Gasteiger partial charge in [-0.05, 0) is 68.3 Å². The molecule has 122 valence electrons. The summed E-state index contributed by atoms with van der Waals surface area (Å²) < 4.78 is 5.87. The van der Waals surface area contributed by atoms with Crippen LogP contribution in [0.15, 0.2) is 88.7 Å². The van der Waals surface area contributed by atoms with E-state index in [1.165, 1.54) is 20.9 Å². The molecule has 0 spiro atoms. The first-order valence-electron chi connectivity index (χ1n) is 8.12. The SMILES string of the molecule is CC(C)(C)Oc1ccc(Sc2cccc(-c3ccccc3)c2)cc1. The highest BCUT2D eigenvalue weighted by atomic mass is 32.2. The van der Waals surface area contributed by atoms with Crippen molar-refractivity contribution in [2.75, 3.05) is 0 Å². The number of hydrogen-bond acceptors (Lipinski definition) is 2. The van der Waals surface area contributed by atoms with Crippen molar-refractivity contribution in [1.82, 2.24) is 0 Å². The number of hydrogen-bond donors (Lipinski definition) is 0. The van der Waals surface area contributed by atoms with Crippen LogP contribution in [0.4, 0.5) is 0 Å². The lowest BCUT2D eigenvalue weighted by Gasteiger charge is -2.21. The summed E-state index contributed by atoms with van der Waals surface area (Å²) in [5, 5.41) is 0. The topological polar surface area (TPSA) is 9.23 Å². The van der Waals surface area contributed by atoms with Gasteiger partial charge in [0, 0.05) is 9.79 Å². The largest absolute Gasteiger partial charge is 0.488 e. The molecule has 0 heterocycles. The van der Waals surface area contributed by atoms with Crippen molar-refractivity contribution in [2.45, 2.75) is 36.2 Å². The number of rotatable bonds is 4. The van der Waals surface area contributed by atoms with Crippen molar-refractivity contribution in [3.8, 4) is 16.9 Å². The molecule has 1 nitrogen and oxygen atoms in total. The zero-order valence-electron chi connectivity index (χ0n) is 14.3. The summed E-state index contributed by atoms with van der Waals surface area (Å²) in [6.45, 7) is 6.18. The van der Waals surface area contributed by atoms with Crippen LogP contribution in [0, 0.1) is 0 Å². The maximum atomic E-state index is 5.87. The van der Waals surface area contributed by atoms with Gasteiger partial charge in [-0.25, -0.2) is 0 Å². The summed E-state index contributed by atoms with van der Waals surface area (Å²) in [5.41, 5.74) is 2.32. The van der Waals surface area contributed by atoms with E-state index in [1.807, 2.05) is 18.2 Å². The average molecular weight is 334 g/mol. The molecular formula is C22H22OS. The highest BCUT2D eigenvalue weighted by molar-refractivity contribution is 7.99. The maximum Gasteiger partial charge on any atom is 0.120 e. The first-order valence-corrected chi connectivity index (χ1v) is 8.94. The Labute approximate surface area is 148 Å². The van der Waals surface area contributed by atoms with E-state index in [0.717, 1.165) is 5.75 Å². The average Bonchev–Trinajstić information content (AvgIpc) is 2.56. The second kappa shape index (κ2) is 7.14. The summed E-state index contributed by atoms with van der Waals surface area (Å²) in [4.78, 5) is 2.45. The molecule has 3 aromatic carbocycles. The standard InChI is InChI=1S/C22H22OS/c1-22(2,3)23-19-12-14-20(15-13-19)24-21-11-7-10-18(16-21)17-8-5-4-6-9-17/h4-16H,1-3H3. The molecule has 3 rings (SSSR count). The lowest BCUT2D eigenvalue weighted by atomic mass is 10.1. The third-order valence-electron chi connectivity index (χ3n) is 3.42. The monoisotopic (exact) mass is 334 g/mol. The number of benzene rings is 3. The molecule has 2 heteroatoms. The van der Waals surface area contributed by atoms with E-state index in [1.54, 1.807) is 11.8 Å². The molecule has 0 radical (unpaired) electrons. The number of ether oxygens (including phenoxy) is 1. The molecule has 0 saturated carbocycles. The molecule has 0 aliphatic heterocycles. The highest BCUT2D eigenvalue weighted by Gasteiger charge is 2.11. The van der Waals surface area contributed by atoms with E-state index in [4.69, 9.17) is 4.74 Å². The fourth-order valence-electron chi connectivity index (χ4n) is 2.44. The van der Waals surface area contributed by atoms with Crippen LogP contribution < -0.4 is 4.74 Å². The van der Waals surface area contributed by atoms with Crippen molar-refractivity contribution in [1.29, 1.82) is 0 Å². The van der Waals surface area contributed by atoms with Gasteiger partial charge >= 0.3 is 0 Å². The molecule has 0 N–H and O–H groups in total. The van der Waals surface area contributed by atoms with Crippen molar-refractivity contribution < 1.29 is 4.74 Å². The molecule has 0 bridgehead atoms. The lowest BCUT2D eigenvalue weighted by Crippen LogP contribution is -2.22. The van der Waals surface area contributed by atoms with Gasteiger partial charge in [0.15, 0.2) is 0 Å². The maximum absolute atomic E-state index is 5.87. The molecule has 3 aromatic rings. The van der Waals surface area contributed by atoms with Gasteiger partial charge < -0.3 is 4.74 Å². The van der Waals surface area contributed by atoms with Crippen molar-refractivity contribution in [3.63, 3.8) is 0 Å². The van der Waals surface area contributed by atoms with Crippen LogP contribution in [0.5, 0.6) is 5.75 Å².